The van der Waals surface area contributed by atoms with Crippen LogP contribution in [0.4, 0.5) is 0 Å². The van der Waals surface area contributed by atoms with Crippen molar-refractivity contribution in [3.63, 3.8) is 0 Å². The van der Waals surface area contributed by atoms with Gasteiger partial charge in [0.25, 0.3) is 0 Å². The van der Waals surface area contributed by atoms with E-state index in [2.05, 4.69) is 39.0 Å². The number of hydrogen-bond acceptors (Lipinski definition) is 2. The molecule has 1 aliphatic rings. The predicted molar refractivity (Wildman–Crippen MR) is 74.1 cm³/mol. The van der Waals surface area contributed by atoms with Crippen LogP contribution in [-0.4, -0.2) is 23.3 Å². The lowest BCUT2D eigenvalue weighted by molar-refractivity contribution is 0.261. The van der Waals surface area contributed by atoms with Gasteiger partial charge < -0.3 is 5.73 Å². The zero-order chi connectivity index (χ0) is 12.3. The molecule has 92 valence electrons. The predicted octanol–water partition coefficient (Wildman–Crippen LogP) is 2.74. The number of nitrogens with zero attached hydrogens (tertiary/aromatic N) is 1. The van der Waals surface area contributed by atoms with Crippen LogP contribution in [0.15, 0.2) is 28.7 Å². The number of hydrogen-bond donors (Lipinski definition) is 2. The van der Waals surface area contributed by atoms with E-state index in [4.69, 9.17) is 11.1 Å². The molecule has 4 heteroatoms. The largest absolute Gasteiger partial charge is 0.388 e. The van der Waals surface area contributed by atoms with Gasteiger partial charge in [-0.1, -0.05) is 34.1 Å². The van der Waals surface area contributed by atoms with Crippen molar-refractivity contribution in [2.75, 3.05) is 6.54 Å². The van der Waals surface area contributed by atoms with Gasteiger partial charge in [0, 0.05) is 30.0 Å². The highest BCUT2D eigenvalue weighted by Crippen LogP contribution is 2.29. The van der Waals surface area contributed by atoms with Crippen molar-refractivity contribution >= 4 is 21.8 Å². The Labute approximate surface area is 111 Å². The molecule has 0 bridgehead atoms. The second-order valence-electron chi connectivity index (χ2n) is 4.57. The highest BCUT2D eigenvalue weighted by Gasteiger charge is 2.28. The summed E-state index contributed by atoms with van der Waals surface area (Å²) in [7, 11) is 0. The fraction of sp³-hybridized carbons (Fsp3) is 0.462. The molecule has 0 aromatic heterocycles. The molecular weight excluding hydrogens is 278 g/mol. The van der Waals surface area contributed by atoms with Gasteiger partial charge in [0.15, 0.2) is 0 Å². The van der Waals surface area contributed by atoms with Crippen LogP contribution in [0.5, 0.6) is 0 Å². The van der Waals surface area contributed by atoms with Crippen molar-refractivity contribution < 1.29 is 0 Å². The molecule has 0 aliphatic heterocycles. The number of nitrogens with two attached hydrogens (primary N) is 1. The van der Waals surface area contributed by atoms with Gasteiger partial charge in [-0.3, -0.25) is 10.3 Å². The molecule has 1 fully saturated rings. The molecule has 0 heterocycles. The van der Waals surface area contributed by atoms with E-state index in [0.29, 0.717) is 12.5 Å². The van der Waals surface area contributed by atoms with E-state index in [1.54, 1.807) is 0 Å². The third-order valence-electron chi connectivity index (χ3n) is 3.06. The number of amidine groups is 1. The van der Waals surface area contributed by atoms with E-state index < -0.39 is 0 Å². The second-order valence-corrected chi connectivity index (χ2v) is 5.42. The van der Waals surface area contributed by atoms with Crippen LogP contribution in [0.3, 0.4) is 0 Å². The Morgan fingerprint density at radius 1 is 1.41 bits per heavy atom. The fourth-order valence-electron chi connectivity index (χ4n) is 1.94. The summed E-state index contributed by atoms with van der Waals surface area (Å²) in [5.74, 6) is 0.280. The average molecular weight is 296 g/mol. The summed E-state index contributed by atoms with van der Waals surface area (Å²) in [6, 6.07) is 9.01. The lowest BCUT2D eigenvalue weighted by Crippen LogP contribution is -2.29. The molecule has 0 atom stereocenters. The highest BCUT2D eigenvalue weighted by molar-refractivity contribution is 9.10. The molecule has 1 aromatic carbocycles. The molecule has 1 aromatic rings. The Morgan fingerprint density at radius 2 is 2.12 bits per heavy atom. The van der Waals surface area contributed by atoms with Crippen LogP contribution in [0.25, 0.3) is 0 Å². The molecule has 0 spiro atoms. The molecular formula is C13H18BrN3. The van der Waals surface area contributed by atoms with Crippen LogP contribution < -0.4 is 5.73 Å². The third kappa shape index (κ3) is 3.82. The number of rotatable bonds is 6. The average Bonchev–Trinajstić information content (AvgIpc) is 3.10. The van der Waals surface area contributed by atoms with E-state index in [9.17, 15) is 0 Å². The molecule has 0 unspecified atom stereocenters. The summed E-state index contributed by atoms with van der Waals surface area (Å²) in [5, 5.41) is 7.31. The van der Waals surface area contributed by atoms with Crippen LogP contribution in [0.1, 0.15) is 24.8 Å². The normalized spacial score (nSPS) is 15.2. The topological polar surface area (TPSA) is 53.1 Å². The monoisotopic (exact) mass is 295 g/mol. The number of halogens is 1. The summed E-state index contributed by atoms with van der Waals surface area (Å²) in [5.41, 5.74) is 6.74. The minimum atomic E-state index is 0.280. The molecule has 1 aliphatic carbocycles. The summed E-state index contributed by atoms with van der Waals surface area (Å²) in [6.07, 6.45) is 3.23. The minimum absolute atomic E-state index is 0.280. The maximum Gasteiger partial charge on any atom is 0.0918 e. The molecule has 0 saturated heterocycles. The van der Waals surface area contributed by atoms with Gasteiger partial charge in [0.1, 0.15) is 0 Å². The molecule has 3 nitrogen and oxygen atoms in total. The highest BCUT2D eigenvalue weighted by atomic mass is 79.9. The van der Waals surface area contributed by atoms with Gasteiger partial charge in [-0.05, 0) is 24.5 Å². The van der Waals surface area contributed by atoms with Crippen LogP contribution >= 0.6 is 15.9 Å². The van der Waals surface area contributed by atoms with Gasteiger partial charge in [-0.25, -0.2) is 0 Å². The first kappa shape index (κ1) is 12.6. The third-order valence-corrected chi connectivity index (χ3v) is 3.84. The lowest BCUT2D eigenvalue weighted by atomic mass is 10.2. The zero-order valence-electron chi connectivity index (χ0n) is 9.82. The van der Waals surface area contributed by atoms with E-state index >= 15 is 0 Å². The Bertz CT molecular complexity index is 401. The number of nitrogens with one attached hydrogen (secondary N) is 1. The Morgan fingerprint density at radius 3 is 2.71 bits per heavy atom. The summed E-state index contributed by atoms with van der Waals surface area (Å²) >= 11 is 3.58. The van der Waals surface area contributed by atoms with Gasteiger partial charge >= 0.3 is 0 Å². The smallest absolute Gasteiger partial charge is 0.0918 e. The van der Waals surface area contributed by atoms with Gasteiger partial charge in [-0.15, -0.1) is 0 Å². The summed E-state index contributed by atoms with van der Waals surface area (Å²) in [6.45, 7) is 1.83. The Hall–Kier alpha value is -0.870. The van der Waals surface area contributed by atoms with Crippen molar-refractivity contribution in [3.05, 3.63) is 34.3 Å². The zero-order valence-corrected chi connectivity index (χ0v) is 11.4. The fourth-order valence-corrected chi connectivity index (χ4v) is 2.35. The van der Waals surface area contributed by atoms with Gasteiger partial charge in [-0.2, -0.15) is 0 Å². The minimum Gasteiger partial charge on any atom is -0.388 e. The van der Waals surface area contributed by atoms with Crippen LogP contribution in [0, 0.1) is 5.41 Å². The number of benzene rings is 1. The van der Waals surface area contributed by atoms with Gasteiger partial charge in [0.05, 0.1) is 5.84 Å². The lowest BCUT2D eigenvalue weighted by Gasteiger charge is -2.22. The molecule has 2 rings (SSSR count). The molecule has 1 saturated carbocycles. The van der Waals surface area contributed by atoms with E-state index in [0.717, 1.165) is 17.6 Å². The van der Waals surface area contributed by atoms with Crippen molar-refractivity contribution in [3.8, 4) is 0 Å². The SMILES string of the molecule is N=C(N)CCN(Cc1ccccc1Br)C1CC1. The first-order valence-electron chi connectivity index (χ1n) is 5.97. The molecule has 0 amide bonds. The maximum absolute atomic E-state index is 7.31. The molecule has 0 radical (unpaired) electrons. The van der Waals surface area contributed by atoms with Crippen molar-refractivity contribution in [1.82, 2.24) is 4.90 Å². The standard InChI is InChI=1S/C13H18BrN3/c14-12-4-2-1-3-10(12)9-17(11-5-6-11)8-7-13(15)16/h1-4,11H,5-9H2,(H3,15,16). The quantitative estimate of drug-likeness (QED) is 0.626. The molecule has 17 heavy (non-hydrogen) atoms. The van der Waals surface area contributed by atoms with E-state index in [1.165, 1.54) is 18.4 Å². The Kier molecular flexibility index (Phi) is 4.18. The second kappa shape index (κ2) is 5.65. The Balaban J connectivity index is 1.97. The van der Waals surface area contributed by atoms with E-state index in [1.807, 2.05) is 6.07 Å². The van der Waals surface area contributed by atoms with E-state index in [-0.39, 0.29) is 5.84 Å². The van der Waals surface area contributed by atoms with Crippen molar-refractivity contribution in [1.29, 1.82) is 5.41 Å². The first-order chi connectivity index (χ1) is 8.16. The summed E-state index contributed by atoms with van der Waals surface area (Å²) in [4.78, 5) is 2.43. The first-order valence-corrected chi connectivity index (χ1v) is 6.76. The van der Waals surface area contributed by atoms with Crippen molar-refractivity contribution in [2.45, 2.75) is 31.8 Å². The maximum atomic E-state index is 7.31. The van der Waals surface area contributed by atoms with Crippen molar-refractivity contribution in [2.24, 2.45) is 5.73 Å². The summed E-state index contributed by atoms with van der Waals surface area (Å²) < 4.78 is 1.16. The van der Waals surface area contributed by atoms with Gasteiger partial charge in [0.2, 0.25) is 0 Å². The van der Waals surface area contributed by atoms with Crippen LogP contribution in [0.2, 0.25) is 0 Å². The van der Waals surface area contributed by atoms with Crippen LogP contribution in [-0.2, 0) is 6.54 Å². The molecule has 3 N–H and O–H groups in total.